The Kier molecular flexibility index (Phi) is 1.83. The van der Waals surface area contributed by atoms with E-state index in [-0.39, 0.29) is 0 Å². The van der Waals surface area contributed by atoms with Gasteiger partial charge in [0.15, 0.2) is 0 Å². The van der Waals surface area contributed by atoms with Crippen LogP contribution in [-0.4, -0.2) is 5.97 Å². The summed E-state index contributed by atoms with van der Waals surface area (Å²) >= 11 is 0. The Bertz CT molecular complexity index is 585. The molecule has 1 aliphatic rings. The van der Waals surface area contributed by atoms with Gasteiger partial charge in [-0.3, -0.25) is 0 Å². The van der Waals surface area contributed by atoms with E-state index in [9.17, 15) is 9.90 Å². The predicted octanol–water partition coefficient (Wildman–Crippen LogP) is 2.83. The molecule has 2 aromatic rings. The van der Waals surface area contributed by atoms with Gasteiger partial charge in [0.1, 0.15) is 0 Å². The van der Waals surface area contributed by atoms with Crippen molar-refractivity contribution in [2.45, 2.75) is 6.42 Å². The lowest BCUT2D eigenvalue weighted by atomic mass is 10.0. The molecule has 2 aromatic carbocycles. The molecule has 0 spiro atoms. The van der Waals surface area contributed by atoms with Gasteiger partial charge in [-0.15, -0.1) is 0 Å². The Morgan fingerprint density at radius 2 is 1.69 bits per heavy atom. The fourth-order valence-corrected chi connectivity index (χ4v) is 2.35. The van der Waals surface area contributed by atoms with E-state index in [1.54, 1.807) is 12.1 Å². The summed E-state index contributed by atoms with van der Waals surface area (Å²) in [5, 5.41) is 11.0. The molecule has 0 atom stereocenters. The Labute approximate surface area is 93.2 Å². The zero-order valence-electron chi connectivity index (χ0n) is 8.57. The van der Waals surface area contributed by atoms with E-state index < -0.39 is 5.97 Å². The minimum absolute atomic E-state index is 0.314. The highest BCUT2D eigenvalue weighted by molar-refractivity contribution is 5.94. The third kappa shape index (κ3) is 1.16. The highest BCUT2D eigenvalue weighted by atomic mass is 16.4. The minimum atomic E-state index is -1.09. The van der Waals surface area contributed by atoms with Crippen LogP contribution in [-0.2, 0) is 11.5 Å². The van der Waals surface area contributed by atoms with Crippen LogP contribution >= 0.6 is 0 Å². The summed E-state index contributed by atoms with van der Waals surface area (Å²) in [4.78, 5) is 11.0. The molecular weight excluding hydrogens is 200 g/mol. The second kappa shape index (κ2) is 3.20. The number of carbonyl (C=O) groups is 1. The standard InChI is InChI=1S/C14H9O2/c15-14(16)12-7-3-6-11-10-5-2-1-4-9(10)8-13(11)12/h1-7H,8H2. The third-order valence-electron chi connectivity index (χ3n) is 3.07. The van der Waals surface area contributed by atoms with Gasteiger partial charge in [0, 0.05) is 0 Å². The molecule has 0 N–H and O–H groups in total. The number of hydrogen-bond acceptors (Lipinski definition) is 1. The molecule has 0 saturated carbocycles. The van der Waals surface area contributed by atoms with Crippen molar-refractivity contribution < 1.29 is 9.90 Å². The van der Waals surface area contributed by atoms with Gasteiger partial charge in [0.05, 0.1) is 5.56 Å². The number of benzene rings is 2. The third-order valence-corrected chi connectivity index (χ3v) is 3.07. The fourth-order valence-electron chi connectivity index (χ4n) is 2.35. The summed E-state index contributed by atoms with van der Waals surface area (Å²) in [6.45, 7) is 0. The molecule has 2 nitrogen and oxygen atoms in total. The van der Waals surface area contributed by atoms with Gasteiger partial charge in [-0.25, -0.2) is 9.90 Å². The first-order valence-corrected chi connectivity index (χ1v) is 5.19. The first kappa shape index (κ1) is 9.16. The second-order valence-corrected chi connectivity index (χ2v) is 3.95. The van der Waals surface area contributed by atoms with Gasteiger partial charge in [-0.2, -0.15) is 0 Å². The van der Waals surface area contributed by atoms with Crippen LogP contribution in [0.5, 0.6) is 0 Å². The molecule has 1 aliphatic carbocycles. The van der Waals surface area contributed by atoms with Crippen LogP contribution in [0.3, 0.4) is 0 Å². The molecule has 0 fully saturated rings. The molecule has 2 heteroatoms. The summed E-state index contributed by atoms with van der Waals surface area (Å²) in [5.41, 5.74) is 4.54. The summed E-state index contributed by atoms with van der Waals surface area (Å²) in [6.07, 6.45) is 0.690. The lowest BCUT2D eigenvalue weighted by Crippen LogP contribution is -1.99. The summed E-state index contributed by atoms with van der Waals surface area (Å²) in [7, 11) is 0. The zero-order chi connectivity index (χ0) is 11.1. The Hall–Kier alpha value is -2.09. The summed E-state index contributed by atoms with van der Waals surface area (Å²) in [6, 6.07) is 13.4. The molecule has 16 heavy (non-hydrogen) atoms. The van der Waals surface area contributed by atoms with Crippen molar-refractivity contribution >= 4 is 5.97 Å². The van der Waals surface area contributed by atoms with Crippen LogP contribution in [0.4, 0.5) is 0 Å². The average molecular weight is 209 g/mol. The maximum Gasteiger partial charge on any atom is 0.386 e. The second-order valence-electron chi connectivity index (χ2n) is 3.95. The molecule has 77 valence electrons. The van der Waals surface area contributed by atoms with Crippen molar-refractivity contribution in [2.75, 3.05) is 0 Å². The quantitative estimate of drug-likeness (QED) is 0.607. The summed E-state index contributed by atoms with van der Waals surface area (Å²) < 4.78 is 0. The molecule has 0 aliphatic heterocycles. The molecule has 0 heterocycles. The topological polar surface area (TPSA) is 37.0 Å². The molecule has 0 saturated heterocycles. The van der Waals surface area contributed by atoms with Gasteiger partial charge >= 0.3 is 5.97 Å². The fraction of sp³-hybridized carbons (Fsp3) is 0.0714. The molecule has 0 aromatic heterocycles. The molecule has 3 rings (SSSR count). The van der Waals surface area contributed by atoms with Gasteiger partial charge < -0.3 is 0 Å². The van der Waals surface area contributed by atoms with Gasteiger partial charge in [-0.1, -0.05) is 36.4 Å². The van der Waals surface area contributed by atoms with Gasteiger partial charge in [0.25, 0.3) is 0 Å². The van der Waals surface area contributed by atoms with Gasteiger partial charge in [-0.05, 0) is 34.7 Å². The number of carbonyl (C=O) groups excluding carboxylic acids is 1. The zero-order valence-corrected chi connectivity index (χ0v) is 8.57. The predicted molar refractivity (Wildman–Crippen MR) is 59.7 cm³/mol. The first-order chi connectivity index (χ1) is 7.77. The van der Waals surface area contributed by atoms with Crippen LogP contribution in [0, 0.1) is 0 Å². The number of rotatable bonds is 1. The minimum Gasteiger partial charge on any atom is -0.241 e. The number of hydrogen-bond donors (Lipinski definition) is 0. The Balaban J connectivity index is 2.28. The maximum absolute atomic E-state index is 11.0. The highest BCUT2D eigenvalue weighted by Crippen LogP contribution is 2.37. The van der Waals surface area contributed by atoms with E-state index in [4.69, 9.17) is 0 Å². The maximum atomic E-state index is 11.0. The van der Waals surface area contributed by atoms with Crippen LogP contribution in [0.25, 0.3) is 11.1 Å². The SMILES string of the molecule is [O]C(=O)c1cccc2c1Cc1ccccc1-2. The van der Waals surface area contributed by atoms with Crippen molar-refractivity contribution in [3.05, 3.63) is 59.2 Å². The van der Waals surface area contributed by atoms with E-state index in [2.05, 4.69) is 0 Å². The Morgan fingerprint density at radius 3 is 2.50 bits per heavy atom. The molecule has 0 amide bonds. The largest absolute Gasteiger partial charge is 0.386 e. The van der Waals surface area contributed by atoms with E-state index in [1.165, 1.54) is 5.56 Å². The van der Waals surface area contributed by atoms with Crippen molar-refractivity contribution in [2.24, 2.45) is 0 Å². The van der Waals surface area contributed by atoms with E-state index in [1.807, 2.05) is 30.3 Å². The van der Waals surface area contributed by atoms with Crippen molar-refractivity contribution in [1.29, 1.82) is 0 Å². The van der Waals surface area contributed by atoms with Crippen LogP contribution < -0.4 is 0 Å². The van der Waals surface area contributed by atoms with Crippen LogP contribution in [0.15, 0.2) is 42.5 Å². The van der Waals surface area contributed by atoms with E-state index in [0.717, 1.165) is 16.7 Å². The smallest absolute Gasteiger partial charge is 0.241 e. The molecule has 0 bridgehead atoms. The molecule has 0 unspecified atom stereocenters. The first-order valence-electron chi connectivity index (χ1n) is 5.19. The van der Waals surface area contributed by atoms with Crippen LogP contribution in [0.2, 0.25) is 0 Å². The van der Waals surface area contributed by atoms with Gasteiger partial charge in [0.2, 0.25) is 0 Å². The van der Waals surface area contributed by atoms with E-state index >= 15 is 0 Å². The van der Waals surface area contributed by atoms with Crippen LogP contribution in [0.1, 0.15) is 21.5 Å². The van der Waals surface area contributed by atoms with Crippen molar-refractivity contribution in [3.63, 3.8) is 0 Å². The lowest BCUT2D eigenvalue weighted by molar-refractivity contribution is 0.0572. The highest BCUT2D eigenvalue weighted by Gasteiger charge is 2.23. The normalized spacial score (nSPS) is 12.0. The summed E-state index contributed by atoms with van der Waals surface area (Å²) in [5.74, 6) is -1.09. The number of fused-ring (bicyclic) bond motifs is 3. The van der Waals surface area contributed by atoms with Crippen molar-refractivity contribution in [3.8, 4) is 11.1 Å². The average Bonchev–Trinajstić information content (AvgIpc) is 2.67. The molecular formula is C14H9O2. The monoisotopic (exact) mass is 209 g/mol. The van der Waals surface area contributed by atoms with E-state index in [0.29, 0.717) is 12.0 Å². The Morgan fingerprint density at radius 1 is 0.938 bits per heavy atom. The molecule has 1 radical (unpaired) electrons. The van der Waals surface area contributed by atoms with Crippen molar-refractivity contribution in [1.82, 2.24) is 0 Å². The lowest BCUT2D eigenvalue weighted by Gasteiger charge is -2.02.